The number of thioether (sulfide) groups is 1. The van der Waals surface area contributed by atoms with E-state index in [0.29, 0.717) is 12.1 Å². The number of nitrogens with zero attached hydrogens (tertiary/aromatic N) is 1. The van der Waals surface area contributed by atoms with E-state index in [2.05, 4.69) is 11.7 Å². The summed E-state index contributed by atoms with van der Waals surface area (Å²) in [5.74, 6) is -1.43. The number of alkyl halides is 3. The van der Waals surface area contributed by atoms with Gasteiger partial charge in [-0.1, -0.05) is 6.07 Å². The molecule has 0 aliphatic carbocycles. The van der Waals surface area contributed by atoms with E-state index in [9.17, 15) is 22.0 Å². The summed E-state index contributed by atoms with van der Waals surface area (Å²) in [7, 11) is 0. The average molecular weight is 496 g/mol. The van der Waals surface area contributed by atoms with Gasteiger partial charge in [0.05, 0.1) is 11.6 Å². The molecular formula is C24H18F5NOS2. The number of rotatable bonds is 4. The Morgan fingerprint density at radius 1 is 1.06 bits per heavy atom. The van der Waals surface area contributed by atoms with Crippen LogP contribution in [0.3, 0.4) is 0 Å². The van der Waals surface area contributed by atoms with E-state index in [4.69, 9.17) is 4.99 Å². The van der Waals surface area contributed by atoms with Gasteiger partial charge in [0.2, 0.25) is 0 Å². The Labute approximate surface area is 195 Å². The van der Waals surface area contributed by atoms with E-state index >= 15 is 0 Å². The molecule has 0 saturated heterocycles. The van der Waals surface area contributed by atoms with Crippen LogP contribution in [0.25, 0.3) is 10.4 Å². The highest BCUT2D eigenvalue weighted by Crippen LogP contribution is 2.54. The minimum Gasteiger partial charge on any atom is -0.406 e. The molecule has 0 spiro atoms. The maximum Gasteiger partial charge on any atom is 0.573 e. The molecule has 0 radical (unpaired) electrons. The van der Waals surface area contributed by atoms with Gasteiger partial charge in [0.15, 0.2) is 0 Å². The second kappa shape index (κ2) is 8.13. The molecule has 3 heterocycles. The van der Waals surface area contributed by atoms with E-state index in [1.54, 1.807) is 35.2 Å². The van der Waals surface area contributed by atoms with Crippen molar-refractivity contribution >= 4 is 28.8 Å². The summed E-state index contributed by atoms with van der Waals surface area (Å²) >= 11 is 3.32. The molecule has 2 atom stereocenters. The van der Waals surface area contributed by atoms with Gasteiger partial charge in [-0.05, 0) is 74.2 Å². The smallest absolute Gasteiger partial charge is 0.406 e. The van der Waals surface area contributed by atoms with Crippen molar-refractivity contribution in [2.75, 3.05) is 0 Å². The highest BCUT2D eigenvalue weighted by atomic mass is 32.2. The summed E-state index contributed by atoms with van der Waals surface area (Å²) in [5.41, 5.74) is 1.28. The normalized spacial score (nSPS) is 22.4. The first-order valence-corrected chi connectivity index (χ1v) is 11.9. The number of hydrogen-bond donors (Lipinski definition) is 0. The summed E-state index contributed by atoms with van der Waals surface area (Å²) in [6.07, 6.45) is -2.68. The molecule has 2 aromatic carbocycles. The van der Waals surface area contributed by atoms with Gasteiger partial charge in [-0.2, -0.15) is 0 Å². The van der Waals surface area contributed by atoms with Gasteiger partial charge in [0.25, 0.3) is 0 Å². The van der Waals surface area contributed by atoms with Crippen LogP contribution >= 0.6 is 23.1 Å². The summed E-state index contributed by atoms with van der Waals surface area (Å²) in [6.45, 7) is 2.13. The zero-order valence-electron chi connectivity index (χ0n) is 17.4. The number of aliphatic imine (C=N–C) groups is 1. The Balaban J connectivity index is 1.32. The largest absolute Gasteiger partial charge is 0.573 e. The Hall–Kier alpha value is -2.39. The number of thiophene rings is 1. The number of halogens is 5. The molecule has 2 aliphatic rings. The van der Waals surface area contributed by atoms with E-state index in [0.717, 1.165) is 28.2 Å². The van der Waals surface area contributed by atoms with Crippen molar-refractivity contribution in [1.82, 2.24) is 0 Å². The first kappa shape index (κ1) is 22.4. The van der Waals surface area contributed by atoms with Crippen LogP contribution in [-0.4, -0.2) is 22.9 Å². The molecule has 0 saturated carbocycles. The van der Waals surface area contributed by atoms with Gasteiger partial charge < -0.3 is 4.74 Å². The van der Waals surface area contributed by atoms with E-state index < -0.39 is 18.0 Å². The van der Waals surface area contributed by atoms with Gasteiger partial charge >= 0.3 is 6.36 Å². The van der Waals surface area contributed by atoms with Crippen LogP contribution in [0.4, 0.5) is 22.0 Å². The molecule has 0 amide bonds. The van der Waals surface area contributed by atoms with Crippen molar-refractivity contribution in [3.8, 4) is 16.2 Å². The second-order valence-corrected chi connectivity index (χ2v) is 11.0. The number of ether oxygens (including phenoxy) is 1. The Morgan fingerprint density at radius 3 is 2.39 bits per heavy atom. The van der Waals surface area contributed by atoms with Crippen molar-refractivity contribution in [2.24, 2.45) is 4.99 Å². The molecule has 0 fully saturated rings. The van der Waals surface area contributed by atoms with Crippen LogP contribution in [0.2, 0.25) is 0 Å². The Morgan fingerprint density at radius 2 is 1.76 bits per heavy atom. The SMILES string of the molecule is CC1(C2CCC(c3c(F)cccc3F)=N2)Cc2sc(-c3ccc(OC(F)(F)F)cc3)cc2S1. The molecule has 172 valence electrons. The summed E-state index contributed by atoms with van der Waals surface area (Å²) in [4.78, 5) is 8.01. The zero-order chi connectivity index (χ0) is 23.4. The van der Waals surface area contributed by atoms with Crippen LogP contribution in [-0.2, 0) is 6.42 Å². The van der Waals surface area contributed by atoms with Gasteiger partial charge in [0.1, 0.15) is 17.4 Å². The standard InChI is InChI=1S/C24H18F5NOS2/c1-23(21-10-9-17(30-21)22-15(25)3-2-4-16(22)26)12-20-19(33-23)11-18(32-20)13-5-7-14(8-6-13)31-24(27,28)29/h2-8,11,21H,9-10,12H2,1H3. The molecular weight excluding hydrogens is 477 g/mol. The average Bonchev–Trinajstić information content (AvgIpc) is 3.42. The fourth-order valence-corrected chi connectivity index (χ4v) is 7.40. The predicted molar refractivity (Wildman–Crippen MR) is 120 cm³/mol. The first-order valence-electron chi connectivity index (χ1n) is 10.3. The van der Waals surface area contributed by atoms with E-state index in [1.165, 1.54) is 35.2 Å². The monoisotopic (exact) mass is 495 g/mol. The Kier molecular flexibility index (Phi) is 5.52. The highest BCUT2D eigenvalue weighted by molar-refractivity contribution is 8.01. The van der Waals surface area contributed by atoms with Crippen LogP contribution in [0.5, 0.6) is 5.75 Å². The van der Waals surface area contributed by atoms with Gasteiger partial charge in [0, 0.05) is 25.1 Å². The third-order valence-corrected chi connectivity index (χ3v) is 8.70. The second-order valence-electron chi connectivity index (χ2n) is 8.29. The fourth-order valence-electron chi connectivity index (χ4n) is 4.37. The van der Waals surface area contributed by atoms with Crippen LogP contribution < -0.4 is 4.74 Å². The van der Waals surface area contributed by atoms with Crippen LogP contribution in [0, 0.1) is 11.6 Å². The van der Waals surface area contributed by atoms with Crippen molar-refractivity contribution in [3.05, 3.63) is 70.6 Å². The highest BCUT2D eigenvalue weighted by Gasteiger charge is 2.44. The minimum absolute atomic E-state index is 0.0263. The molecule has 0 bridgehead atoms. The van der Waals surface area contributed by atoms with E-state index in [1.807, 2.05) is 6.07 Å². The van der Waals surface area contributed by atoms with Crippen LogP contribution in [0.15, 0.2) is 58.4 Å². The number of fused-ring (bicyclic) bond motifs is 1. The third-order valence-electron chi connectivity index (χ3n) is 5.92. The van der Waals surface area contributed by atoms with Crippen molar-refractivity contribution < 1.29 is 26.7 Å². The molecule has 0 N–H and O–H groups in total. The van der Waals surface area contributed by atoms with Crippen LogP contribution in [0.1, 0.15) is 30.2 Å². The topological polar surface area (TPSA) is 21.6 Å². The van der Waals surface area contributed by atoms with Crippen molar-refractivity contribution in [2.45, 2.75) is 48.2 Å². The fraction of sp³-hybridized carbons (Fsp3) is 0.292. The first-order chi connectivity index (χ1) is 15.6. The summed E-state index contributed by atoms with van der Waals surface area (Å²) in [5, 5.41) is 0. The number of benzene rings is 2. The lowest BCUT2D eigenvalue weighted by Crippen LogP contribution is -2.32. The third kappa shape index (κ3) is 4.40. The lowest BCUT2D eigenvalue weighted by atomic mass is 9.94. The number of hydrogen-bond acceptors (Lipinski definition) is 4. The van der Waals surface area contributed by atoms with Gasteiger partial charge in [-0.25, -0.2) is 8.78 Å². The molecule has 2 unspecified atom stereocenters. The van der Waals surface area contributed by atoms with Gasteiger partial charge in [-0.3, -0.25) is 4.99 Å². The summed E-state index contributed by atoms with van der Waals surface area (Å²) < 4.78 is 69.2. The molecule has 9 heteroatoms. The summed E-state index contributed by atoms with van der Waals surface area (Å²) in [6, 6.07) is 11.7. The molecule has 3 aromatic rings. The van der Waals surface area contributed by atoms with Gasteiger partial charge in [-0.15, -0.1) is 36.3 Å². The Bertz CT molecular complexity index is 1190. The lowest BCUT2D eigenvalue weighted by Gasteiger charge is -2.28. The molecule has 2 aliphatic heterocycles. The van der Waals surface area contributed by atoms with Crippen molar-refractivity contribution in [1.29, 1.82) is 0 Å². The van der Waals surface area contributed by atoms with E-state index in [-0.39, 0.29) is 22.1 Å². The lowest BCUT2D eigenvalue weighted by molar-refractivity contribution is -0.274. The maximum atomic E-state index is 14.2. The van der Waals surface area contributed by atoms with Crippen molar-refractivity contribution in [3.63, 3.8) is 0 Å². The predicted octanol–water partition coefficient (Wildman–Crippen LogP) is 7.65. The molecule has 2 nitrogen and oxygen atoms in total. The quantitative estimate of drug-likeness (QED) is 0.347. The molecule has 33 heavy (non-hydrogen) atoms. The molecule has 1 aromatic heterocycles. The molecule has 5 rings (SSSR count). The minimum atomic E-state index is -4.71. The maximum absolute atomic E-state index is 14.2. The zero-order valence-corrected chi connectivity index (χ0v) is 19.0.